The van der Waals surface area contributed by atoms with Crippen molar-refractivity contribution in [3.63, 3.8) is 0 Å². The number of benzene rings is 1. The summed E-state index contributed by atoms with van der Waals surface area (Å²) in [5.74, 6) is 0.696. The molecule has 1 aromatic rings. The van der Waals surface area contributed by atoms with Crippen molar-refractivity contribution in [3.8, 4) is 0 Å². The van der Waals surface area contributed by atoms with Crippen LogP contribution >= 0.6 is 0 Å². The third kappa shape index (κ3) is 5.03. The van der Waals surface area contributed by atoms with Crippen LogP contribution in [-0.2, 0) is 15.9 Å². The fraction of sp³-hybridized carbons (Fsp3) is 0.700. The fourth-order valence-corrected chi connectivity index (χ4v) is 3.97. The first kappa shape index (κ1) is 17.9. The first-order valence-electron chi connectivity index (χ1n) is 9.36. The highest BCUT2D eigenvalue weighted by Gasteiger charge is 2.22. The number of fused-ring (bicyclic) bond motifs is 1. The number of nitrogens with zero attached hydrogens (tertiary/aromatic N) is 1. The Balaban J connectivity index is 1.41. The zero-order chi connectivity index (χ0) is 16.8. The van der Waals surface area contributed by atoms with Crippen LogP contribution in [0.25, 0.3) is 0 Å². The van der Waals surface area contributed by atoms with E-state index in [1.54, 1.807) is 0 Å². The number of hydrogen-bond acceptors (Lipinski definition) is 4. The second kappa shape index (κ2) is 8.95. The zero-order valence-electron chi connectivity index (χ0n) is 14.8. The smallest absolute Gasteiger partial charge is 0.0900 e. The Morgan fingerprint density at radius 3 is 2.88 bits per heavy atom. The lowest BCUT2D eigenvalue weighted by Gasteiger charge is -2.29. The number of likely N-dealkylation sites (N-methyl/N-ethyl adjacent to an activating group) is 1. The molecular weight excluding hydrogens is 302 g/mol. The Bertz CT molecular complexity index is 501. The zero-order valence-corrected chi connectivity index (χ0v) is 14.8. The van der Waals surface area contributed by atoms with Crippen molar-refractivity contribution in [2.24, 2.45) is 5.92 Å². The molecule has 0 amide bonds. The Labute approximate surface area is 145 Å². The Hall–Kier alpha value is -0.940. The van der Waals surface area contributed by atoms with Gasteiger partial charge in [0.25, 0.3) is 0 Å². The average molecular weight is 333 g/mol. The highest BCUT2D eigenvalue weighted by atomic mass is 16.5. The minimum atomic E-state index is -0.427. The molecule has 1 aliphatic carbocycles. The average Bonchev–Trinajstić information content (AvgIpc) is 2.60. The van der Waals surface area contributed by atoms with Crippen molar-refractivity contribution in [3.05, 3.63) is 35.4 Å². The molecule has 1 fully saturated rings. The van der Waals surface area contributed by atoms with Gasteiger partial charge in [-0.15, -0.1) is 0 Å². The van der Waals surface area contributed by atoms with Crippen molar-refractivity contribution in [2.45, 2.75) is 44.3 Å². The molecule has 1 aliphatic heterocycles. The first-order chi connectivity index (χ1) is 11.7. The van der Waals surface area contributed by atoms with Gasteiger partial charge >= 0.3 is 0 Å². The van der Waals surface area contributed by atoms with E-state index >= 15 is 0 Å². The molecule has 1 N–H and O–H groups in total. The Morgan fingerprint density at radius 1 is 1.25 bits per heavy atom. The number of rotatable bonds is 7. The van der Waals surface area contributed by atoms with E-state index in [-0.39, 0.29) is 6.10 Å². The largest absolute Gasteiger partial charge is 0.389 e. The van der Waals surface area contributed by atoms with Crippen LogP contribution in [0.4, 0.5) is 0 Å². The van der Waals surface area contributed by atoms with Crippen LogP contribution in [0.2, 0.25) is 0 Å². The summed E-state index contributed by atoms with van der Waals surface area (Å²) in [7, 11) is 2.09. The van der Waals surface area contributed by atoms with Crippen molar-refractivity contribution in [1.82, 2.24) is 4.90 Å². The van der Waals surface area contributed by atoms with Gasteiger partial charge in [-0.25, -0.2) is 0 Å². The molecule has 4 heteroatoms. The monoisotopic (exact) mass is 333 g/mol. The molecule has 0 spiro atoms. The summed E-state index contributed by atoms with van der Waals surface area (Å²) in [6.45, 7) is 3.88. The molecule has 134 valence electrons. The summed E-state index contributed by atoms with van der Waals surface area (Å²) in [4.78, 5) is 2.23. The van der Waals surface area contributed by atoms with Gasteiger partial charge in [0, 0.05) is 26.3 Å². The summed E-state index contributed by atoms with van der Waals surface area (Å²) >= 11 is 0. The number of ether oxygens (including phenoxy) is 2. The number of aliphatic hydroxyl groups excluding tert-OH is 1. The van der Waals surface area contributed by atoms with Crippen LogP contribution in [-0.4, -0.2) is 56.1 Å². The molecule has 24 heavy (non-hydrogen) atoms. The van der Waals surface area contributed by atoms with Crippen molar-refractivity contribution < 1.29 is 14.6 Å². The number of hydrogen-bond donors (Lipinski definition) is 1. The number of aliphatic hydroxyl groups is 1. The molecule has 1 aromatic carbocycles. The van der Waals surface area contributed by atoms with E-state index in [1.165, 1.54) is 17.5 Å². The van der Waals surface area contributed by atoms with E-state index in [0.717, 1.165) is 45.4 Å². The highest BCUT2D eigenvalue weighted by Crippen LogP contribution is 2.32. The van der Waals surface area contributed by atoms with Gasteiger partial charge in [0.05, 0.1) is 18.8 Å². The summed E-state index contributed by atoms with van der Waals surface area (Å²) < 4.78 is 11.5. The van der Waals surface area contributed by atoms with Gasteiger partial charge in [0.15, 0.2) is 0 Å². The molecule has 1 saturated heterocycles. The first-order valence-corrected chi connectivity index (χ1v) is 9.36. The summed E-state index contributed by atoms with van der Waals surface area (Å²) in [6, 6.07) is 8.55. The highest BCUT2D eigenvalue weighted by molar-refractivity contribution is 5.31. The van der Waals surface area contributed by atoms with Crippen molar-refractivity contribution >= 4 is 0 Å². The Kier molecular flexibility index (Phi) is 6.67. The van der Waals surface area contributed by atoms with Crippen LogP contribution in [0.15, 0.2) is 24.3 Å². The lowest BCUT2D eigenvalue weighted by molar-refractivity contribution is -0.0287. The lowest BCUT2D eigenvalue weighted by atomic mass is 9.89. The molecule has 0 bridgehead atoms. The SMILES string of the molecule is CN(CC(O)COC1CCCc2ccccc21)CC1CCOCC1. The van der Waals surface area contributed by atoms with E-state index < -0.39 is 6.10 Å². The molecule has 1 heterocycles. The van der Waals surface area contributed by atoms with E-state index in [1.807, 2.05) is 0 Å². The normalized spacial score (nSPS) is 23.2. The maximum absolute atomic E-state index is 10.3. The van der Waals surface area contributed by atoms with E-state index in [9.17, 15) is 5.11 Å². The van der Waals surface area contributed by atoms with Gasteiger partial charge in [-0.05, 0) is 56.2 Å². The minimum Gasteiger partial charge on any atom is -0.389 e. The van der Waals surface area contributed by atoms with Crippen LogP contribution in [0, 0.1) is 5.92 Å². The van der Waals surface area contributed by atoms with Gasteiger partial charge in [0.1, 0.15) is 0 Å². The lowest BCUT2D eigenvalue weighted by Crippen LogP contribution is -2.37. The summed E-state index contributed by atoms with van der Waals surface area (Å²) in [5, 5.41) is 10.3. The second-order valence-electron chi connectivity index (χ2n) is 7.34. The molecule has 0 saturated carbocycles. The maximum Gasteiger partial charge on any atom is 0.0900 e. The molecule has 3 rings (SSSR count). The van der Waals surface area contributed by atoms with Crippen LogP contribution in [0.1, 0.15) is 42.9 Å². The van der Waals surface area contributed by atoms with E-state index in [2.05, 4.69) is 36.2 Å². The minimum absolute atomic E-state index is 0.144. The maximum atomic E-state index is 10.3. The Morgan fingerprint density at radius 2 is 2.04 bits per heavy atom. The molecule has 2 aliphatic rings. The van der Waals surface area contributed by atoms with Crippen LogP contribution in [0.5, 0.6) is 0 Å². The van der Waals surface area contributed by atoms with Gasteiger partial charge in [-0.3, -0.25) is 0 Å². The summed E-state index contributed by atoms with van der Waals surface area (Å²) in [6.07, 6.45) is 5.36. The van der Waals surface area contributed by atoms with Gasteiger partial charge in [-0.2, -0.15) is 0 Å². The van der Waals surface area contributed by atoms with E-state index in [4.69, 9.17) is 9.47 Å². The van der Waals surface area contributed by atoms with Crippen LogP contribution in [0.3, 0.4) is 0 Å². The standard InChI is InChI=1S/C20H31NO3/c1-21(13-16-9-11-23-12-10-16)14-18(22)15-24-20-8-4-6-17-5-2-3-7-19(17)20/h2-3,5,7,16,18,20,22H,4,6,8-15H2,1H3. The predicted molar refractivity (Wildman–Crippen MR) is 95.1 cm³/mol. The third-order valence-corrected chi connectivity index (χ3v) is 5.24. The topological polar surface area (TPSA) is 41.9 Å². The third-order valence-electron chi connectivity index (χ3n) is 5.24. The molecule has 0 aromatic heterocycles. The number of aryl methyl sites for hydroxylation is 1. The quantitative estimate of drug-likeness (QED) is 0.833. The van der Waals surface area contributed by atoms with Crippen LogP contribution < -0.4 is 0 Å². The molecule has 4 nitrogen and oxygen atoms in total. The molecule has 2 unspecified atom stereocenters. The molecule has 0 radical (unpaired) electrons. The predicted octanol–water partition coefficient (Wildman–Crippen LogP) is 2.80. The molecule has 2 atom stereocenters. The molecular formula is C20H31NO3. The fourth-order valence-electron chi connectivity index (χ4n) is 3.97. The van der Waals surface area contributed by atoms with E-state index in [0.29, 0.717) is 19.1 Å². The summed E-state index contributed by atoms with van der Waals surface area (Å²) in [5.41, 5.74) is 2.71. The van der Waals surface area contributed by atoms with Gasteiger partial charge < -0.3 is 19.5 Å². The second-order valence-corrected chi connectivity index (χ2v) is 7.34. The van der Waals surface area contributed by atoms with Crippen molar-refractivity contribution in [2.75, 3.05) is 40.0 Å². The van der Waals surface area contributed by atoms with Gasteiger partial charge in [-0.1, -0.05) is 24.3 Å². The van der Waals surface area contributed by atoms with Gasteiger partial charge in [0.2, 0.25) is 0 Å². The van der Waals surface area contributed by atoms with Crippen molar-refractivity contribution in [1.29, 1.82) is 0 Å².